The number of hydrogen-bond acceptors (Lipinski definition) is 5. The number of rotatable bonds is 9. The number of para-hydroxylation sites is 2. The topological polar surface area (TPSA) is 71.3 Å². The summed E-state index contributed by atoms with van der Waals surface area (Å²) >= 11 is 0. The first-order valence-electron chi connectivity index (χ1n) is 9.28. The molecule has 0 aliphatic rings. The van der Waals surface area contributed by atoms with Crippen molar-refractivity contribution in [2.24, 2.45) is 7.05 Å². The highest BCUT2D eigenvalue weighted by atomic mass is 35.5. The smallest absolute Gasteiger partial charge is 0.145 e. The van der Waals surface area contributed by atoms with Gasteiger partial charge in [0.25, 0.3) is 0 Å². The molecule has 3 aromatic rings. The third kappa shape index (κ3) is 6.51. The molecule has 1 aromatic heterocycles. The van der Waals surface area contributed by atoms with E-state index in [1.165, 1.54) is 16.8 Å². The van der Waals surface area contributed by atoms with Gasteiger partial charge in [-0.15, -0.1) is 24.8 Å². The standard InChI is InChI=1S/C21H28N4O2.2ClH/c1-15-6-4-7-16(2)20(15)23-11-10-22-12-17(26)13-27-19-9-5-8-18-21(19)25(3)14-24-18;;/h4-9,14,17,22-23,26H,10-13H2,1-3H3;2*1H. The van der Waals surface area contributed by atoms with Crippen molar-refractivity contribution in [3.63, 3.8) is 0 Å². The number of nitrogens with one attached hydrogen (secondary N) is 2. The van der Waals surface area contributed by atoms with Crippen LogP contribution >= 0.6 is 24.8 Å². The summed E-state index contributed by atoms with van der Waals surface area (Å²) in [5.41, 5.74) is 5.50. The lowest BCUT2D eigenvalue weighted by atomic mass is 10.1. The van der Waals surface area contributed by atoms with Gasteiger partial charge in [0.1, 0.15) is 24.0 Å². The Balaban J connectivity index is 0.00000210. The van der Waals surface area contributed by atoms with Gasteiger partial charge < -0.3 is 25.0 Å². The summed E-state index contributed by atoms with van der Waals surface area (Å²) in [5, 5.41) is 16.9. The molecule has 160 valence electrons. The minimum atomic E-state index is -0.575. The second kappa shape index (κ2) is 11.9. The van der Waals surface area contributed by atoms with Crippen LogP contribution in [0.3, 0.4) is 0 Å². The molecule has 0 saturated heterocycles. The van der Waals surface area contributed by atoms with E-state index in [1.807, 2.05) is 29.8 Å². The lowest BCUT2D eigenvalue weighted by molar-refractivity contribution is 0.107. The molecule has 1 heterocycles. The Bertz CT molecular complexity index is 881. The fourth-order valence-corrected chi connectivity index (χ4v) is 3.18. The fourth-order valence-electron chi connectivity index (χ4n) is 3.18. The molecule has 1 atom stereocenters. The Morgan fingerprint density at radius 3 is 2.48 bits per heavy atom. The van der Waals surface area contributed by atoms with E-state index in [0.717, 1.165) is 29.9 Å². The number of hydrogen-bond donors (Lipinski definition) is 3. The maximum Gasteiger partial charge on any atom is 0.145 e. The van der Waals surface area contributed by atoms with E-state index in [2.05, 4.69) is 47.7 Å². The lowest BCUT2D eigenvalue weighted by Gasteiger charge is -2.15. The predicted molar refractivity (Wildman–Crippen MR) is 124 cm³/mol. The largest absolute Gasteiger partial charge is 0.489 e. The zero-order valence-electron chi connectivity index (χ0n) is 17.0. The number of aryl methyl sites for hydroxylation is 3. The van der Waals surface area contributed by atoms with Crippen molar-refractivity contribution in [1.82, 2.24) is 14.9 Å². The molecule has 29 heavy (non-hydrogen) atoms. The van der Waals surface area contributed by atoms with Gasteiger partial charge in [0.2, 0.25) is 0 Å². The third-order valence-electron chi connectivity index (χ3n) is 4.60. The van der Waals surface area contributed by atoms with Crippen molar-refractivity contribution >= 4 is 41.5 Å². The summed E-state index contributed by atoms with van der Waals surface area (Å²) in [6, 6.07) is 12.0. The summed E-state index contributed by atoms with van der Waals surface area (Å²) in [6.07, 6.45) is 1.19. The molecule has 8 heteroatoms. The number of anilines is 1. The molecule has 0 amide bonds. The van der Waals surface area contributed by atoms with Crippen molar-refractivity contribution in [2.45, 2.75) is 20.0 Å². The summed E-state index contributed by atoms with van der Waals surface area (Å²) in [7, 11) is 1.93. The van der Waals surface area contributed by atoms with Crippen LogP contribution < -0.4 is 15.4 Å². The first-order valence-corrected chi connectivity index (χ1v) is 9.28. The maximum atomic E-state index is 10.2. The predicted octanol–water partition coefficient (Wildman–Crippen LogP) is 3.48. The Hall–Kier alpha value is -1.99. The van der Waals surface area contributed by atoms with Gasteiger partial charge in [-0.3, -0.25) is 0 Å². The second-order valence-electron chi connectivity index (χ2n) is 6.84. The van der Waals surface area contributed by atoms with Crippen LogP contribution in [0.1, 0.15) is 11.1 Å². The lowest BCUT2D eigenvalue weighted by Crippen LogP contribution is -2.34. The molecule has 0 radical (unpaired) electrons. The SMILES string of the molecule is Cc1cccc(C)c1NCCNCC(O)COc1cccc2ncn(C)c12.Cl.Cl. The normalized spacial score (nSPS) is 11.4. The highest BCUT2D eigenvalue weighted by molar-refractivity contribution is 5.85. The van der Waals surface area contributed by atoms with Gasteiger partial charge in [-0.1, -0.05) is 24.3 Å². The molecular weight excluding hydrogens is 411 g/mol. The maximum absolute atomic E-state index is 10.2. The number of fused-ring (bicyclic) bond motifs is 1. The van der Waals surface area contributed by atoms with Crippen LogP contribution in [0.25, 0.3) is 11.0 Å². The van der Waals surface area contributed by atoms with Gasteiger partial charge in [0.15, 0.2) is 0 Å². The van der Waals surface area contributed by atoms with Crippen LogP contribution in [0.4, 0.5) is 5.69 Å². The van der Waals surface area contributed by atoms with Crippen molar-refractivity contribution in [3.8, 4) is 5.75 Å². The van der Waals surface area contributed by atoms with Crippen LogP contribution in [0.15, 0.2) is 42.7 Å². The van der Waals surface area contributed by atoms with Gasteiger partial charge in [0, 0.05) is 32.4 Å². The summed E-state index contributed by atoms with van der Waals surface area (Å²) < 4.78 is 7.74. The number of ether oxygens (including phenoxy) is 1. The Morgan fingerprint density at radius 2 is 1.76 bits per heavy atom. The monoisotopic (exact) mass is 440 g/mol. The van der Waals surface area contributed by atoms with Crippen LogP contribution in [0, 0.1) is 13.8 Å². The Morgan fingerprint density at radius 1 is 1.07 bits per heavy atom. The van der Waals surface area contributed by atoms with Crippen LogP contribution in [-0.2, 0) is 7.05 Å². The number of aromatic nitrogens is 2. The van der Waals surface area contributed by atoms with Crippen LogP contribution in [-0.4, -0.2) is 47.0 Å². The highest BCUT2D eigenvalue weighted by Crippen LogP contribution is 2.24. The minimum Gasteiger partial charge on any atom is -0.489 e. The summed E-state index contributed by atoms with van der Waals surface area (Å²) in [5.74, 6) is 0.739. The fraction of sp³-hybridized carbons (Fsp3) is 0.381. The molecule has 0 spiro atoms. The van der Waals surface area contributed by atoms with Crippen LogP contribution in [0.5, 0.6) is 5.75 Å². The summed E-state index contributed by atoms with van der Waals surface area (Å²) in [4.78, 5) is 4.31. The molecule has 3 N–H and O–H groups in total. The molecule has 3 rings (SSSR count). The number of aliphatic hydroxyl groups is 1. The molecule has 0 aliphatic heterocycles. The molecule has 0 bridgehead atoms. The van der Waals surface area contributed by atoms with Crippen molar-refractivity contribution in [1.29, 1.82) is 0 Å². The van der Waals surface area contributed by atoms with Crippen molar-refractivity contribution in [2.75, 3.05) is 31.6 Å². The van der Waals surface area contributed by atoms with Crippen LogP contribution in [0.2, 0.25) is 0 Å². The van der Waals surface area contributed by atoms with E-state index in [9.17, 15) is 5.11 Å². The van der Waals surface area contributed by atoms with E-state index in [-0.39, 0.29) is 31.4 Å². The molecule has 1 unspecified atom stereocenters. The number of nitrogens with zero attached hydrogens (tertiary/aromatic N) is 2. The van der Waals surface area contributed by atoms with E-state index in [1.54, 1.807) is 6.33 Å². The number of aliphatic hydroxyl groups excluding tert-OH is 1. The van der Waals surface area contributed by atoms with Gasteiger partial charge in [0.05, 0.1) is 11.8 Å². The van der Waals surface area contributed by atoms with Gasteiger partial charge in [-0.25, -0.2) is 4.98 Å². The molecular formula is C21H30Cl2N4O2. The average molecular weight is 441 g/mol. The quantitative estimate of drug-likeness (QED) is 0.444. The first-order chi connectivity index (χ1) is 13.1. The first kappa shape index (κ1) is 25.0. The van der Waals surface area contributed by atoms with E-state index >= 15 is 0 Å². The number of benzene rings is 2. The second-order valence-corrected chi connectivity index (χ2v) is 6.84. The molecule has 6 nitrogen and oxygen atoms in total. The highest BCUT2D eigenvalue weighted by Gasteiger charge is 2.10. The average Bonchev–Trinajstić information content (AvgIpc) is 3.03. The molecule has 0 fully saturated rings. The Labute approximate surface area is 184 Å². The Kier molecular flexibility index (Phi) is 10.3. The zero-order chi connectivity index (χ0) is 19.2. The van der Waals surface area contributed by atoms with E-state index in [0.29, 0.717) is 6.54 Å². The molecule has 0 aliphatic carbocycles. The molecule has 2 aromatic carbocycles. The summed E-state index contributed by atoms with van der Waals surface area (Å²) in [6.45, 7) is 6.49. The number of halogens is 2. The van der Waals surface area contributed by atoms with Gasteiger partial charge >= 0.3 is 0 Å². The van der Waals surface area contributed by atoms with E-state index in [4.69, 9.17) is 4.74 Å². The van der Waals surface area contributed by atoms with Gasteiger partial charge in [-0.05, 0) is 37.1 Å². The molecule has 0 saturated carbocycles. The van der Waals surface area contributed by atoms with Gasteiger partial charge in [-0.2, -0.15) is 0 Å². The minimum absolute atomic E-state index is 0. The van der Waals surface area contributed by atoms with Crippen molar-refractivity contribution in [3.05, 3.63) is 53.9 Å². The van der Waals surface area contributed by atoms with Crippen molar-refractivity contribution < 1.29 is 9.84 Å². The van der Waals surface area contributed by atoms with E-state index < -0.39 is 6.10 Å². The number of imidazole rings is 1. The third-order valence-corrected chi connectivity index (χ3v) is 4.60. The zero-order valence-corrected chi connectivity index (χ0v) is 18.6.